The average molecular weight is 291 g/mol. The maximum absolute atomic E-state index is 6.37. The van der Waals surface area contributed by atoms with Gasteiger partial charge in [0.05, 0.1) is 18.8 Å². The van der Waals surface area contributed by atoms with Crippen molar-refractivity contribution in [1.29, 1.82) is 0 Å². The SMILES string of the molecule is Cc1cccc(CCN)c1OC1CCOC2(CCOC2)C1. The second kappa shape index (κ2) is 6.34. The van der Waals surface area contributed by atoms with Gasteiger partial charge in [0.25, 0.3) is 0 Å². The summed E-state index contributed by atoms with van der Waals surface area (Å²) in [6.07, 6.45) is 3.91. The fourth-order valence-corrected chi connectivity index (χ4v) is 3.35. The van der Waals surface area contributed by atoms with Crippen LogP contribution in [-0.2, 0) is 15.9 Å². The quantitative estimate of drug-likeness (QED) is 0.924. The van der Waals surface area contributed by atoms with Crippen molar-refractivity contribution in [2.24, 2.45) is 5.73 Å². The fraction of sp³-hybridized carbons (Fsp3) is 0.647. The lowest BCUT2D eigenvalue weighted by molar-refractivity contribution is -0.112. The standard InChI is InChI=1S/C17H25NO3/c1-13-3-2-4-14(5-8-18)16(13)21-15-6-9-20-17(11-15)7-10-19-12-17/h2-4,15H,5-12,18H2,1H3. The van der Waals surface area contributed by atoms with Gasteiger partial charge in [-0.05, 0) is 31.0 Å². The molecule has 0 radical (unpaired) electrons. The van der Waals surface area contributed by atoms with Crippen LogP contribution in [0.25, 0.3) is 0 Å². The maximum atomic E-state index is 6.37. The predicted octanol–water partition coefficient (Wildman–Crippen LogP) is 2.21. The van der Waals surface area contributed by atoms with Gasteiger partial charge in [-0.15, -0.1) is 0 Å². The van der Waals surface area contributed by atoms with Crippen LogP contribution >= 0.6 is 0 Å². The summed E-state index contributed by atoms with van der Waals surface area (Å²) in [5, 5.41) is 0. The third-order valence-corrected chi connectivity index (χ3v) is 4.51. The zero-order valence-electron chi connectivity index (χ0n) is 12.8. The number of aryl methyl sites for hydroxylation is 1. The first kappa shape index (κ1) is 14.8. The molecular formula is C17H25NO3. The highest BCUT2D eigenvalue weighted by Crippen LogP contribution is 2.35. The third kappa shape index (κ3) is 3.23. The first-order valence-corrected chi connectivity index (χ1v) is 7.89. The Labute approximate surface area is 126 Å². The summed E-state index contributed by atoms with van der Waals surface area (Å²) < 4.78 is 17.9. The van der Waals surface area contributed by atoms with E-state index in [9.17, 15) is 0 Å². The lowest BCUT2D eigenvalue weighted by Crippen LogP contribution is -2.44. The van der Waals surface area contributed by atoms with E-state index in [0.29, 0.717) is 13.2 Å². The van der Waals surface area contributed by atoms with Gasteiger partial charge in [-0.25, -0.2) is 0 Å². The van der Waals surface area contributed by atoms with E-state index in [0.717, 1.165) is 44.6 Å². The number of para-hydroxylation sites is 1. The molecule has 1 aromatic carbocycles. The summed E-state index contributed by atoms with van der Waals surface area (Å²) in [5.41, 5.74) is 8.00. The number of hydrogen-bond donors (Lipinski definition) is 1. The van der Waals surface area contributed by atoms with Crippen LogP contribution in [0.5, 0.6) is 5.75 Å². The molecule has 0 saturated carbocycles. The fourth-order valence-electron chi connectivity index (χ4n) is 3.35. The molecule has 4 heteroatoms. The van der Waals surface area contributed by atoms with Crippen LogP contribution in [-0.4, -0.2) is 38.1 Å². The predicted molar refractivity (Wildman–Crippen MR) is 81.7 cm³/mol. The molecule has 2 heterocycles. The number of hydrogen-bond acceptors (Lipinski definition) is 4. The lowest BCUT2D eigenvalue weighted by Gasteiger charge is -2.37. The number of rotatable bonds is 4. The van der Waals surface area contributed by atoms with Gasteiger partial charge >= 0.3 is 0 Å². The van der Waals surface area contributed by atoms with Gasteiger partial charge in [-0.1, -0.05) is 18.2 Å². The van der Waals surface area contributed by atoms with Crippen molar-refractivity contribution in [1.82, 2.24) is 0 Å². The molecule has 2 N–H and O–H groups in total. The summed E-state index contributed by atoms with van der Waals surface area (Å²) in [5.74, 6) is 1.02. The van der Waals surface area contributed by atoms with Crippen molar-refractivity contribution in [3.8, 4) is 5.75 Å². The highest BCUT2D eigenvalue weighted by Gasteiger charge is 2.42. The highest BCUT2D eigenvalue weighted by atomic mass is 16.6. The summed E-state index contributed by atoms with van der Waals surface area (Å²) in [4.78, 5) is 0. The minimum atomic E-state index is -0.111. The van der Waals surface area contributed by atoms with Gasteiger partial charge in [0, 0.05) is 25.9 Å². The minimum absolute atomic E-state index is 0.111. The zero-order valence-corrected chi connectivity index (χ0v) is 12.8. The molecule has 0 aliphatic carbocycles. The average Bonchev–Trinajstić information content (AvgIpc) is 2.91. The molecule has 2 fully saturated rings. The van der Waals surface area contributed by atoms with E-state index >= 15 is 0 Å². The second-order valence-electron chi connectivity index (χ2n) is 6.17. The molecule has 0 bridgehead atoms. The number of nitrogens with two attached hydrogens (primary N) is 1. The van der Waals surface area contributed by atoms with E-state index in [2.05, 4.69) is 25.1 Å². The molecular weight excluding hydrogens is 266 g/mol. The molecule has 4 nitrogen and oxygen atoms in total. The van der Waals surface area contributed by atoms with E-state index in [1.165, 1.54) is 11.1 Å². The van der Waals surface area contributed by atoms with Crippen LogP contribution in [0, 0.1) is 6.92 Å². The molecule has 2 aliphatic rings. The third-order valence-electron chi connectivity index (χ3n) is 4.51. The van der Waals surface area contributed by atoms with E-state index in [4.69, 9.17) is 19.9 Å². The summed E-state index contributed by atoms with van der Waals surface area (Å²) in [6, 6.07) is 6.29. The normalized spacial score (nSPS) is 29.0. The Bertz CT molecular complexity index is 483. The van der Waals surface area contributed by atoms with E-state index in [1.54, 1.807) is 0 Å². The maximum Gasteiger partial charge on any atom is 0.125 e. The van der Waals surface area contributed by atoms with Crippen molar-refractivity contribution in [2.45, 2.75) is 44.3 Å². The Morgan fingerprint density at radius 2 is 2.29 bits per heavy atom. The van der Waals surface area contributed by atoms with E-state index in [-0.39, 0.29) is 11.7 Å². The topological polar surface area (TPSA) is 53.7 Å². The van der Waals surface area contributed by atoms with Crippen LogP contribution in [0.15, 0.2) is 18.2 Å². The zero-order chi connectivity index (χ0) is 14.7. The molecule has 21 heavy (non-hydrogen) atoms. The Morgan fingerprint density at radius 3 is 3.05 bits per heavy atom. The monoisotopic (exact) mass is 291 g/mol. The summed E-state index contributed by atoms with van der Waals surface area (Å²) in [7, 11) is 0. The lowest BCUT2D eigenvalue weighted by atomic mass is 9.91. The molecule has 116 valence electrons. The first-order valence-electron chi connectivity index (χ1n) is 7.89. The van der Waals surface area contributed by atoms with Crippen LogP contribution in [0.4, 0.5) is 0 Å². The van der Waals surface area contributed by atoms with E-state index < -0.39 is 0 Å². The molecule has 2 aliphatic heterocycles. The van der Waals surface area contributed by atoms with Gasteiger partial charge in [0.2, 0.25) is 0 Å². The van der Waals surface area contributed by atoms with Crippen LogP contribution in [0.2, 0.25) is 0 Å². The molecule has 2 atom stereocenters. The van der Waals surface area contributed by atoms with Crippen molar-refractivity contribution >= 4 is 0 Å². The largest absolute Gasteiger partial charge is 0.490 e. The molecule has 2 unspecified atom stereocenters. The molecule has 1 aromatic rings. The van der Waals surface area contributed by atoms with Crippen LogP contribution in [0.3, 0.4) is 0 Å². The van der Waals surface area contributed by atoms with Crippen LogP contribution in [0.1, 0.15) is 30.4 Å². The second-order valence-corrected chi connectivity index (χ2v) is 6.17. The molecule has 1 spiro atoms. The molecule has 0 aromatic heterocycles. The Balaban J connectivity index is 1.74. The Morgan fingerprint density at radius 1 is 1.38 bits per heavy atom. The van der Waals surface area contributed by atoms with Crippen molar-refractivity contribution < 1.29 is 14.2 Å². The van der Waals surface area contributed by atoms with Gasteiger partial charge in [-0.3, -0.25) is 0 Å². The van der Waals surface area contributed by atoms with Gasteiger partial charge in [0.15, 0.2) is 0 Å². The molecule has 3 rings (SSSR count). The van der Waals surface area contributed by atoms with Gasteiger partial charge in [0.1, 0.15) is 11.9 Å². The first-order chi connectivity index (χ1) is 10.2. The van der Waals surface area contributed by atoms with Crippen molar-refractivity contribution in [3.63, 3.8) is 0 Å². The van der Waals surface area contributed by atoms with Crippen LogP contribution < -0.4 is 10.5 Å². The van der Waals surface area contributed by atoms with Gasteiger partial charge in [-0.2, -0.15) is 0 Å². The van der Waals surface area contributed by atoms with Gasteiger partial charge < -0.3 is 19.9 Å². The molecule has 0 amide bonds. The summed E-state index contributed by atoms with van der Waals surface area (Å²) in [6.45, 7) is 5.01. The Hall–Kier alpha value is -1.10. The highest BCUT2D eigenvalue weighted by molar-refractivity contribution is 5.41. The smallest absolute Gasteiger partial charge is 0.125 e. The Kier molecular flexibility index (Phi) is 4.48. The summed E-state index contributed by atoms with van der Waals surface area (Å²) >= 11 is 0. The number of benzene rings is 1. The van der Waals surface area contributed by atoms with Crippen molar-refractivity contribution in [3.05, 3.63) is 29.3 Å². The molecule has 2 saturated heterocycles. The van der Waals surface area contributed by atoms with E-state index in [1.807, 2.05) is 0 Å². The number of ether oxygens (including phenoxy) is 3. The minimum Gasteiger partial charge on any atom is -0.490 e. The van der Waals surface area contributed by atoms with Crippen molar-refractivity contribution in [2.75, 3.05) is 26.4 Å².